The zero-order valence-corrected chi connectivity index (χ0v) is 8.55. The van der Waals surface area contributed by atoms with Crippen LogP contribution in [-0.4, -0.2) is 16.8 Å². The van der Waals surface area contributed by atoms with Gasteiger partial charge in [0.2, 0.25) is 0 Å². The third kappa shape index (κ3) is 1.26. The summed E-state index contributed by atoms with van der Waals surface area (Å²) in [5.74, 6) is -0.0595. The second-order valence-corrected chi connectivity index (χ2v) is 3.86. The van der Waals surface area contributed by atoms with Crippen molar-refractivity contribution in [2.75, 3.05) is 0 Å². The van der Waals surface area contributed by atoms with Gasteiger partial charge in [-0.3, -0.25) is 4.79 Å². The molecule has 0 bridgehead atoms. The Labute approximate surface area is 92.6 Å². The first-order chi connectivity index (χ1) is 7.75. The Morgan fingerprint density at radius 3 is 2.94 bits per heavy atom. The number of carbonyl (C=O) groups excluding carboxylic acids is 1. The van der Waals surface area contributed by atoms with E-state index in [0.717, 1.165) is 10.9 Å². The third-order valence-corrected chi connectivity index (χ3v) is 2.78. The number of nitrogens with two attached hydrogens (primary N) is 1. The summed E-state index contributed by atoms with van der Waals surface area (Å²) < 4.78 is 0. The predicted molar refractivity (Wildman–Crippen MR) is 63.1 cm³/mol. The molecule has 78 valence electrons. The Balaban J connectivity index is 2.33. The quantitative estimate of drug-likeness (QED) is 0.721. The topological polar surface area (TPSA) is 56.0 Å². The molecule has 3 rings (SSSR count). The molecule has 2 N–H and O–H groups in total. The minimum atomic E-state index is -0.532. The van der Waals surface area contributed by atoms with Crippen LogP contribution in [0.15, 0.2) is 36.4 Å². The molecule has 0 aliphatic heterocycles. The number of hydrogen-bond acceptors (Lipinski definition) is 3. The Morgan fingerprint density at radius 1 is 1.25 bits per heavy atom. The van der Waals surface area contributed by atoms with Crippen molar-refractivity contribution in [3.05, 3.63) is 47.7 Å². The van der Waals surface area contributed by atoms with Gasteiger partial charge in [0.05, 0.1) is 17.3 Å². The molecule has 0 spiro atoms. The van der Waals surface area contributed by atoms with Crippen molar-refractivity contribution in [3.8, 4) is 0 Å². The number of para-hydroxylation sites is 1. The number of ketones is 1. The summed E-state index contributed by atoms with van der Waals surface area (Å²) in [6, 6.07) is 9.07. The largest absolute Gasteiger partial charge is 0.318 e. The summed E-state index contributed by atoms with van der Waals surface area (Å²) in [6.07, 6.45) is 3.50. The first kappa shape index (κ1) is 9.24. The van der Waals surface area contributed by atoms with Gasteiger partial charge in [-0.2, -0.15) is 0 Å². The molecule has 0 fully saturated rings. The Kier molecular flexibility index (Phi) is 1.88. The summed E-state index contributed by atoms with van der Waals surface area (Å²) in [4.78, 5) is 16.3. The highest BCUT2D eigenvalue weighted by atomic mass is 16.1. The molecule has 1 unspecified atom stereocenters. The lowest BCUT2D eigenvalue weighted by atomic mass is 9.96. The van der Waals surface area contributed by atoms with Crippen LogP contribution in [0.4, 0.5) is 0 Å². The van der Waals surface area contributed by atoms with E-state index in [-0.39, 0.29) is 5.78 Å². The van der Waals surface area contributed by atoms with Crippen LogP contribution < -0.4 is 5.73 Å². The number of rotatable bonds is 0. The zero-order chi connectivity index (χ0) is 11.1. The van der Waals surface area contributed by atoms with Gasteiger partial charge >= 0.3 is 0 Å². The Morgan fingerprint density at radius 2 is 2.06 bits per heavy atom. The van der Waals surface area contributed by atoms with Gasteiger partial charge in [0.15, 0.2) is 5.78 Å². The van der Waals surface area contributed by atoms with Crippen LogP contribution in [0.2, 0.25) is 0 Å². The fourth-order valence-corrected chi connectivity index (χ4v) is 1.92. The third-order valence-electron chi connectivity index (χ3n) is 2.78. The maximum atomic E-state index is 11.8. The molecule has 1 aliphatic carbocycles. The monoisotopic (exact) mass is 210 g/mol. The number of carbonyl (C=O) groups is 1. The lowest BCUT2D eigenvalue weighted by Crippen LogP contribution is -2.31. The van der Waals surface area contributed by atoms with Gasteiger partial charge in [0, 0.05) is 10.9 Å². The molecule has 0 saturated heterocycles. The van der Waals surface area contributed by atoms with Crippen LogP contribution in [-0.2, 0) is 0 Å². The number of hydrogen-bond donors (Lipinski definition) is 1. The van der Waals surface area contributed by atoms with Crippen LogP contribution in [0.25, 0.3) is 17.0 Å². The molecule has 16 heavy (non-hydrogen) atoms. The second kappa shape index (κ2) is 3.25. The van der Waals surface area contributed by atoms with Crippen molar-refractivity contribution >= 4 is 22.8 Å². The molecule has 0 radical (unpaired) electrons. The Bertz CT molecular complexity index is 616. The number of benzene rings is 1. The number of pyridine rings is 1. The fourth-order valence-electron chi connectivity index (χ4n) is 1.92. The Hall–Kier alpha value is -2.00. The zero-order valence-electron chi connectivity index (χ0n) is 8.55. The van der Waals surface area contributed by atoms with Gasteiger partial charge in [0.25, 0.3) is 0 Å². The first-order valence-electron chi connectivity index (χ1n) is 5.13. The maximum Gasteiger partial charge on any atom is 0.185 e. The molecular formula is C13H10N2O. The summed E-state index contributed by atoms with van der Waals surface area (Å²) in [6.45, 7) is 0. The van der Waals surface area contributed by atoms with Gasteiger partial charge < -0.3 is 5.73 Å². The molecule has 0 amide bonds. The lowest BCUT2D eigenvalue weighted by molar-refractivity contribution is 0.0976. The summed E-state index contributed by atoms with van der Waals surface area (Å²) >= 11 is 0. The fraction of sp³-hybridized carbons (Fsp3) is 0.0769. The second-order valence-electron chi connectivity index (χ2n) is 3.86. The molecule has 1 atom stereocenters. The number of aromatic nitrogens is 1. The molecule has 1 aliphatic rings. The number of fused-ring (bicyclic) bond motifs is 2. The number of Topliss-reactive ketones (excluding diaryl/α,β-unsaturated/α-hetero) is 1. The molecule has 1 aromatic carbocycles. The van der Waals surface area contributed by atoms with E-state index < -0.39 is 6.04 Å². The summed E-state index contributed by atoms with van der Waals surface area (Å²) in [7, 11) is 0. The van der Waals surface area contributed by atoms with Gasteiger partial charge in [0.1, 0.15) is 0 Å². The smallest absolute Gasteiger partial charge is 0.185 e. The molecule has 2 aromatic rings. The highest BCUT2D eigenvalue weighted by Gasteiger charge is 2.21. The van der Waals surface area contributed by atoms with Crippen LogP contribution in [0, 0.1) is 0 Å². The molecule has 0 saturated carbocycles. The van der Waals surface area contributed by atoms with E-state index in [9.17, 15) is 4.79 Å². The van der Waals surface area contributed by atoms with Crippen molar-refractivity contribution in [2.24, 2.45) is 5.73 Å². The van der Waals surface area contributed by atoms with E-state index in [1.54, 1.807) is 6.08 Å². The molecule has 1 heterocycles. The molecule has 3 nitrogen and oxygen atoms in total. The maximum absolute atomic E-state index is 11.8. The van der Waals surface area contributed by atoms with Crippen molar-refractivity contribution in [1.29, 1.82) is 0 Å². The van der Waals surface area contributed by atoms with Crippen LogP contribution >= 0.6 is 0 Å². The van der Waals surface area contributed by atoms with Gasteiger partial charge in [-0.1, -0.05) is 24.3 Å². The van der Waals surface area contributed by atoms with Crippen molar-refractivity contribution in [2.45, 2.75) is 6.04 Å². The van der Waals surface area contributed by atoms with Crippen molar-refractivity contribution in [1.82, 2.24) is 4.98 Å². The summed E-state index contributed by atoms with van der Waals surface area (Å²) in [5, 5.41) is 0.970. The minimum absolute atomic E-state index is 0.0595. The van der Waals surface area contributed by atoms with E-state index in [0.29, 0.717) is 11.3 Å². The molecule has 3 heteroatoms. The van der Waals surface area contributed by atoms with Gasteiger partial charge in [-0.15, -0.1) is 0 Å². The van der Waals surface area contributed by atoms with Gasteiger partial charge in [-0.05, 0) is 18.2 Å². The van der Waals surface area contributed by atoms with Crippen molar-refractivity contribution in [3.63, 3.8) is 0 Å². The van der Waals surface area contributed by atoms with Crippen LogP contribution in [0.1, 0.15) is 16.1 Å². The number of nitrogens with zero attached hydrogens (tertiary/aromatic N) is 1. The molecular weight excluding hydrogens is 200 g/mol. The SMILES string of the molecule is NC1C=Cc2nc3ccccc3cc2C1=O. The standard InChI is InChI=1S/C13H10N2O/c14-10-5-6-12-9(13(10)16)7-8-3-1-2-4-11(8)15-12/h1-7,10H,14H2. The van der Waals surface area contributed by atoms with Crippen molar-refractivity contribution < 1.29 is 4.79 Å². The first-order valence-corrected chi connectivity index (χ1v) is 5.13. The highest BCUT2D eigenvalue weighted by Crippen LogP contribution is 2.22. The lowest BCUT2D eigenvalue weighted by Gasteiger charge is -2.14. The van der Waals surface area contributed by atoms with E-state index >= 15 is 0 Å². The molecule has 1 aromatic heterocycles. The minimum Gasteiger partial charge on any atom is -0.318 e. The van der Waals surface area contributed by atoms with E-state index in [1.807, 2.05) is 36.4 Å². The normalized spacial score (nSPS) is 18.8. The van der Waals surface area contributed by atoms with E-state index in [2.05, 4.69) is 4.98 Å². The summed E-state index contributed by atoms with van der Waals surface area (Å²) in [5.41, 5.74) is 7.90. The van der Waals surface area contributed by atoms with E-state index in [4.69, 9.17) is 5.73 Å². The predicted octanol–water partition coefficient (Wildman–Crippen LogP) is 1.77. The average Bonchev–Trinajstić information content (AvgIpc) is 2.32. The average molecular weight is 210 g/mol. The van der Waals surface area contributed by atoms with Gasteiger partial charge in [-0.25, -0.2) is 4.98 Å². The highest BCUT2D eigenvalue weighted by molar-refractivity contribution is 6.08. The van der Waals surface area contributed by atoms with E-state index in [1.165, 1.54) is 0 Å². The van der Waals surface area contributed by atoms with Crippen LogP contribution in [0.5, 0.6) is 0 Å². The van der Waals surface area contributed by atoms with Crippen LogP contribution in [0.3, 0.4) is 0 Å².